The Labute approximate surface area is 114 Å². The molecule has 2 aromatic rings. The minimum atomic E-state index is 0.531. The molecule has 0 atom stereocenters. The van der Waals surface area contributed by atoms with Gasteiger partial charge < -0.3 is 10.6 Å². The van der Waals surface area contributed by atoms with Crippen LogP contribution >= 0.6 is 0 Å². The normalized spacial score (nSPS) is 10.5. The number of nitrogens with zero attached hydrogens (tertiary/aromatic N) is 3. The fourth-order valence-corrected chi connectivity index (χ4v) is 2.18. The standard InChI is InChI=1S/C15H20N4/c1-4-19(13-8-6-5-7-11(13)2)10-15-17-12(3)9-14(16)18-15/h5-9H,4,10H2,1-3H3,(H2,16,17,18). The molecule has 1 aromatic carbocycles. The number of hydrogen-bond donors (Lipinski definition) is 1. The summed E-state index contributed by atoms with van der Waals surface area (Å²) >= 11 is 0. The predicted octanol–water partition coefficient (Wildman–Crippen LogP) is 2.70. The van der Waals surface area contributed by atoms with Crippen LogP contribution < -0.4 is 10.6 Å². The molecule has 19 heavy (non-hydrogen) atoms. The van der Waals surface area contributed by atoms with Gasteiger partial charge in [-0.2, -0.15) is 0 Å². The van der Waals surface area contributed by atoms with E-state index in [0.29, 0.717) is 12.4 Å². The van der Waals surface area contributed by atoms with Gasteiger partial charge in [-0.05, 0) is 32.4 Å². The van der Waals surface area contributed by atoms with Gasteiger partial charge in [-0.1, -0.05) is 18.2 Å². The van der Waals surface area contributed by atoms with Crippen molar-refractivity contribution in [3.8, 4) is 0 Å². The second kappa shape index (κ2) is 5.69. The van der Waals surface area contributed by atoms with Gasteiger partial charge in [0.1, 0.15) is 11.6 Å². The third kappa shape index (κ3) is 3.22. The monoisotopic (exact) mass is 256 g/mol. The van der Waals surface area contributed by atoms with Crippen LogP contribution in [-0.2, 0) is 6.54 Å². The molecule has 0 saturated heterocycles. The molecule has 2 N–H and O–H groups in total. The first-order valence-corrected chi connectivity index (χ1v) is 6.50. The average molecular weight is 256 g/mol. The molecule has 1 aromatic heterocycles. The summed E-state index contributed by atoms with van der Waals surface area (Å²) in [6.45, 7) is 7.76. The second-order valence-electron chi connectivity index (χ2n) is 4.65. The van der Waals surface area contributed by atoms with E-state index in [9.17, 15) is 0 Å². The number of para-hydroxylation sites is 1. The van der Waals surface area contributed by atoms with E-state index in [1.807, 2.05) is 13.0 Å². The fourth-order valence-electron chi connectivity index (χ4n) is 2.18. The molecule has 1 heterocycles. The minimum Gasteiger partial charge on any atom is -0.384 e. The maximum absolute atomic E-state index is 5.78. The molecule has 100 valence electrons. The van der Waals surface area contributed by atoms with Crippen molar-refractivity contribution in [1.82, 2.24) is 9.97 Å². The SMILES string of the molecule is CCN(Cc1nc(C)cc(N)n1)c1ccccc1C. The summed E-state index contributed by atoms with van der Waals surface area (Å²) in [5, 5.41) is 0. The highest BCUT2D eigenvalue weighted by molar-refractivity contribution is 5.52. The zero-order valence-corrected chi connectivity index (χ0v) is 11.7. The molecule has 0 saturated carbocycles. The fraction of sp³-hybridized carbons (Fsp3) is 0.333. The molecular weight excluding hydrogens is 236 g/mol. The van der Waals surface area contributed by atoms with Crippen LogP contribution in [0.4, 0.5) is 11.5 Å². The van der Waals surface area contributed by atoms with Crippen LogP contribution in [0, 0.1) is 13.8 Å². The first-order valence-electron chi connectivity index (χ1n) is 6.50. The Morgan fingerprint density at radius 2 is 1.89 bits per heavy atom. The van der Waals surface area contributed by atoms with Crippen LogP contribution in [0.3, 0.4) is 0 Å². The Morgan fingerprint density at radius 1 is 1.16 bits per heavy atom. The Balaban J connectivity index is 2.26. The highest BCUT2D eigenvalue weighted by Gasteiger charge is 2.10. The van der Waals surface area contributed by atoms with Gasteiger partial charge >= 0.3 is 0 Å². The van der Waals surface area contributed by atoms with Gasteiger partial charge in [0.05, 0.1) is 6.54 Å². The van der Waals surface area contributed by atoms with Crippen LogP contribution in [0.5, 0.6) is 0 Å². The molecule has 0 bridgehead atoms. The number of nitrogen functional groups attached to an aromatic ring is 1. The van der Waals surface area contributed by atoms with Crippen molar-refractivity contribution in [2.45, 2.75) is 27.3 Å². The average Bonchev–Trinajstić information content (AvgIpc) is 2.36. The number of hydrogen-bond acceptors (Lipinski definition) is 4. The Morgan fingerprint density at radius 3 is 2.53 bits per heavy atom. The number of benzene rings is 1. The summed E-state index contributed by atoms with van der Waals surface area (Å²) in [5.74, 6) is 1.30. The quantitative estimate of drug-likeness (QED) is 0.913. The second-order valence-corrected chi connectivity index (χ2v) is 4.65. The molecule has 4 nitrogen and oxygen atoms in total. The minimum absolute atomic E-state index is 0.531. The zero-order chi connectivity index (χ0) is 13.8. The van der Waals surface area contributed by atoms with Crippen LogP contribution in [0.1, 0.15) is 24.0 Å². The van der Waals surface area contributed by atoms with E-state index < -0.39 is 0 Å². The number of anilines is 2. The lowest BCUT2D eigenvalue weighted by Crippen LogP contribution is -2.24. The number of aryl methyl sites for hydroxylation is 2. The zero-order valence-electron chi connectivity index (χ0n) is 11.7. The summed E-state index contributed by atoms with van der Waals surface area (Å²) < 4.78 is 0. The van der Waals surface area contributed by atoms with E-state index in [4.69, 9.17) is 5.73 Å². The number of aromatic nitrogens is 2. The number of nitrogens with two attached hydrogens (primary N) is 1. The molecular formula is C15H20N4. The van der Waals surface area contributed by atoms with Crippen LogP contribution in [0.15, 0.2) is 30.3 Å². The van der Waals surface area contributed by atoms with Gasteiger partial charge in [0.15, 0.2) is 0 Å². The van der Waals surface area contributed by atoms with E-state index in [1.54, 1.807) is 6.07 Å². The van der Waals surface area contributed by atoms with Gasteiger partial charge in [0, 0.05) is 24.0 Å². The molecule has 4 heteroatoms. The van der Waals surface area contributed by atoms with Crippen molar-refractivity contribution in [3.05, 3.63) is 47.4 Å². The smallest absolute Gasteiger partial charge is 0.150 e. The van der Waals surface area contributed by atoms with E-state index in [-0.39, 0.29) is 0 Å². The van der Waals surface area contributed by atoms with E-state index in [2.05, 4.69) is 46.9 Å². The molecule has 2 rings (SSSR count). The molecule has 0 fully saturated rings. The van der Waals surface area contributed by atoms with E-state index >= 15 is 0 Å². The Bertz CT molecular complexity index is 546. The van der Waals surface area contributed by atoms with Crippen LogP contribution in [0.25, 0.3) is 0 Å². The Hall–Kier alpha value is -2.10. The van der Waals surface area contributed by atoms with Gasteiger partial charge in [0.25, 0.3) is 0 Å². The first-order chi connectivity index (χ1) is 9.10. The molecule has 0 aliphatic carbocycles. The number of rotatable bonds is 4. The molecule has 0 amide bonds. The summed E-state index contributed by atoms with van der Waals surface area (Å²) in [4.78, 5) is 11.0. The first kappa shape index (κ1) is 13.3. The van der Waals surface area contributed by atoms with Gasteiger partial charge in [-0.3, -0.25) is 0 Å². The molecule has 0 aliphatic heterocycles. The molecule has 0 unspecified atom stereocenters. The maximum Gasteiger partial charge on any atom is 0.150 e. The lowest BCUT2D eigenvalue weighted by molar-refractivity contribution is 0.774. The summed E-state index contributed by atoms with van der Waals surface area (Å²) in [5.41, 5.74) is 9.15. The highest BCUT2D eigenvalue weighted by Crippen LogP contribution is 2.20. The molecule has 0 aliphatic rings. The van der Waals surface area contributed by atoms with Gasteiger partial charge in [0.2, 0.25) is 0 Å². The summed E-state index contributed by atoms with van der Waals surface area (Å²) in [6, 6.07) is 10.1. The van der Waals surface area contributed by atoms with Crippen molar-refractivity contribution in [2.24, 2.45) is 0 Å². The van der Waals surface area contributed by atoms with Crippen molar-refractivity contribution < 1.29 is 0 Å². The van der Waals surface area contributed by atoms with Crippen molar-refractivity contribution in [2.75, 3.05) is 17.2 Å². The molecule has 0 spiro atoms. The topological polar surface area (TPSA) is 55.0 Å². The molecule has 0 radical (unpaired) electrons. The third-order valence-corrected chi connectivity index (χ3v) is 3.09. The highest BCUT2D eigenvalue weighted by atomic mass is 15.2. The van der Waals surface area contributed by atoms with Crippen LogP contribution in [0.2, 0.25) is 0 Å². The lowest BCUT2D eigenvalue weighted by Gasteiger charge is -2.24. The van der Waals surface area contributed by atoms with Gasteiger partial charge in [-0.25, -0.2) is 9.97 Å². The van der Waals surface area contributed by atoms with Crippen molar-refractivity contribution >= 4 is 11.5 Å². The Kier molecular flexibility index (Phi) is 4.00. The third-order valence-electron chi connectivity index (χ3n) is 3.09. The maximum atomic E-state index is 5.78. The summed E-state index contributed by atoms with van der Waals surface area (Å²) in [7, 11) is 0. The largest absolute Gasteiger partial charge is 0.384 e. The van der Waals surface area contributed by atoms with Crippen molar-refractivity contribution in [1.29, 1.82) is 0 Å². The van der Waals surface area contributed by atoms with E-state index in [0.717, 1.165) is 18.1 Å². The van der Waals surface area contributed by atoms with Gasteiger partial charge in [-0.15, -0.1) is 0 Å². The van der Waals surface area contributed by atoms with E-state index in [1.165, 1.54) is 11.3 Å². The lowest BCUT2D eigenvalue weighted by atomic mass is 10.2. The van der Waals surface area contributed by atoms with Crippen molar-refractivity contribution in [3.63, 3.8) is 0 Å². The summed E-state index contributed by atoms with van der Waals surface area (Å²) in [6.07, 6.45) is 0. The predicted molar refractivity (Wildman–Crippen MR) is 79.1 cm³/mol. The van der Waals surface area contributed by atoms with Crippen LogP contribution in [-0.4, -0.2) is 16.5 Å².